The predicted octanol–water partition coefficient (Wildman–Crippen LogP) is 1.46. The Labute approximate surface area is 114 Å². The highest BCUT2D eigenvalue weighted by Gasteiger charge is 2.20. The Bertz CT molecular complexity index is 472. The summed E-state index contributed by atoms with van der Waals surface area (Å²) in [6.45, 7) is 3.91. The van der Waals surface area contributed by atoms with Crippen molar-refractivity contribution in [1.82, 2.24) is 5.32 Å². The summed E-state index contributed by atoms with van der Waals surface area (Å²) < 4.78 is 10.8. The molecule has 0 aliphatic rings. The molecule has 0 bridgehead atoms. The van der Waals surface area contributed by atoms with E-state index in [0.29, 0.717) is 0 Å². The maximum atomic E-state index is 11.4. The van der Waals surface area contributed by atoms with Crippen molar-refractivity contribution >= 4 is 5.91 Å². The first-order valence-corrected chi connectivity index (χ1v) is 6.14. The van der Waals surface area contributed by atoms with Crippen LogP contribution in [0.3, 0.4) is 0 Å². The molecule has 1 unspecified atom stereocenters. The third-order valence-electron chi connectivity index (χ3n) is 3.33. The Morgan fingerprint density at radius 3 is 2.42 bits per heavy atom. The van der Waals surface area contributed by atoms with Gasteiger partial charge in [0.05, 0.1) is 14.2 Å². The summed E-state index contributed by atoms with van der Waals surface area (Å²) in [5.41, 5.74) is 8.86. The van der Waals surface area contributed by atoms with Crippen molar-refractivity contribution in [2.75, 3.05) is 21.3 Å². The smallest absolute Gasteiger partial charge is 0.221 e. The highest BCUT2D eigenvalue weighted by atomic mass is 16.5. The molecule has 0 aliphatic carbocycles. The van der Waals surface area contributed by atoms with Crippen LogP contribution < -0.4 is 20.5 Å². The Morgan fingerprint density at radius 1 is 1.32 bits per heavy atom. The Balaban J connectivity index is 3.25. The number of carbonyl (C=O) groups is 1. The molecule has 1 atom stereocenters. The second-order valence-electron chi connectivity index (χ2n) is 4.44. The van der Waals surface area contributed by atoms with Gasteiger partial charge in [0, 0.05) is 25.1 Å². The van der Waals surface area contributed by atoms with Crippen LogP contribution in [0.15, 0.2) is 6.07 Å². The molecule has 0 fully saturated rings. The minimum Gasteiger partial charge on any atom is -0.496 e. The number of carbonyl (C=O) groups excluding carboxylic acids is 1. The third-order valence-corrected chi connectivity index (χ3v) is 3.33. The number of ether oxygens (including phenoxy) is 2. The number of nitrogens with one attached hydrogen (secondary N) is 1. The summed E-state index contributed by atoms with van der Waals surface area (Å²) in [6, 6.07) is 1.41. The molecule has 5 heteroatoms. The lowest BCUT2D eigenvalue weighted by Crippen LogP contribution is -2.24. The maximum Gasteiger partial charge on any atom is 0.221 e. The van der Waals surface area contributed by atoms with E-state index < -0.39 is 6.04 Å². The fraction of sp³-hybridized carbons (Fsp3) is 0.500. The molecule has 0 saturated heterocycles. The van der Waals surface area contributed by atoms with Crippen molar-refractivity contribution < 1.29 is 14.3 Å². The zero-order chi connectivity index (χ0) is 14.6. The molecule has 0 heterocycles. The number of methoxy groups -OCH3 is 2. The van der Waals surface area contributed by atoms with E-state index in [2.05, 4.69) is 5.32 Å². The van der Waals surface area contributed by atoms with Crippen LogP contribution in [0.5, 0.6) is 11.5 Å². The van der Waals surface area contributed by atoms with Crippen LogP contribution in [0.2, 0.25) is 0 Å². The van der Waals surface area contributed by atoms with Gasteiger partial charge in [-0.2, -0.15) is 0 Å². The average Bonchev–Trinajstić information content (AvgIpc) is 2.41. The summed E-state index contributed by atoms with van der Waals surface area (Å²) in [5.74, 6) is 1.36. The lowest BCUT2D eigenvalue weighted by molar-refractivity contribution is -0.120. The van der Waals surface area contributed by atoms with Crippen LogP contribution in [0.25, 0.3) is 0 Å². The lowest BCUT2D eigenvalue weighted by Gasteiger charge is -2.20. The molecular formula is C14H22N2O3. The van der Waals surface area contributed by atoms with Gasteiger partial charge in [-0.1, -0.05) is 0 Å². The van der Waals surface area contributed by atoms with Gasteiger partial charge in [0.1, 0.15) is 11.5 Å². The van der Waals surface area contributed by atoms with Crippen molar-refractivity contribution in [2.24, 2.45) is 5.73 Å². The van der Waals surface area contributed by atoms with Crippen molar-refractivity contribution in [3.63, 3.8) is 0 Å². The first kappa shape index (κ1) is 15.3. The van der Waals surface area contributed by atoms with Gasteiger partial charge in [-0.05, 0) is 31.0 Å². The van der Waals surface area contributed by atoms with Gasteiger partial charge in [0.25, 0.3) is 0 Å². The average molecular weight is 266 g/mol. The fourth-order valence-corrected chi connectivity index (χ4v) is 2.06. The SMILES string of the molecule is CNC(=O)CC(N)c1cc(OC)c(C)c(C)c1OC. The maximum absolute atomic E-state index is 11.4. The van der Waals surface area contributed by atoms with Gasteiger partial charge in [0.2, 0.25) is 5.91 Å². The number of rotatable bonds is 5. The van der Waals surface area contributed by atoms with Gasteiger partial charge in [-0.25, -0.2) is 0 Å². The lowest BCUT2D eigenvalue weighted by atomic mass is 9.96. The molecule has 0 aliphatic heterocycles. The highest BCUT2D eigenvalue weighted by molar-refractivity contribution is 5.76. The molecule has 5 nitrogen and oxygen atoms in total. The van der Waals surface area contributed by atoms with Crippen LogP contribution in [-0.2, 0) is 4.79 Å². The molecule has 1 amide bonds. The third kappa shape index (κ3) is 3.17. The van der Waals surface area contributed by atoms with E-state index in [4.69, 9.17) is 15.2 Å². The number of amides is 1. The number of nitrogens with two attached hydrogens (primary N) is 1. The van der Waals surface area contributed by atoms with E-state index in [0.717, 1.165) is 28.2 Å². The van der Waals surface area contributed by atoms with Crippen LogP contribution in [-0.4, -0.2) is 27.2 Å². The molecule has 1 rings (SSSR count). The van der Waals surface area contributed by atoms with Crippen LogP contribution in [0.4, 0.5) is 0 Å². The second kappa shape index (κ2) is 6.43. The van der Waals surface area contributed by atoms with E-state index in [9.17, 15) is 4.79 Å². The van der Waals surface area contributed by atoms with E-state index >= 15 is 0 Å². The Kier molecular flexibility index (Phi) is 5.18. The molecule has 3 N–H and O–H groups in total. The fourth-order valence-electron chi connectivity index (χ4n) is 2.06. The van der Waals surface area contributed by atoms with Gasteiger partial charge in [-0.15, -0.1) is 0 Å². The summed E-state index contributed by atoms with van der Waals surface area (Å²) in [5, 5.41) is 2.57. The first-order valence-electron chi connectivity index (χ1n) is 6.14. The molecular weight excluding hydrogens is 244 g/mol. The van der Waals surface area contributed by atoms with Crippen molar-refractivity contribution in [3.8, 4) is 11.5 Å². The minimum absolute atomic E-state index is 0.105. The van der Waals surface area contributed by atoms with Gasteiger partial charge < -0.3 is 20.5 Å². The van der Waals surface area contributed by atoms with Crippen molar-refractivity contribution in [2.45, 2.75) is 26.3 Å². The van der Waals surface area contributed by atoms with Gasteiger partial charge in [0.15, 0.2) is 0 Å². The first-order chi connectivity index (χ1) is 8.96. The highest BCUT2D eigenvalue weighted by Crippen LogP contribution is 2.36. The van der Waals surface area contributed by atoms with E-state index in [1.165, 1.54) is 0 Å². The Morgan fingerprint density at radius 2 is 1.95 bits per heavy atom. The normalized spacial score (nSPS) is 11.9. The van der Waals surface area contributed by atoms with Crippen LogP contribution >= 0.6 is 0 Å². The standard InChI is InChI=1S/C14H22N2O3/c1-8-9(2)14(19-5)10(6-12(8)18-4)11(15)7-13(17)16-3/h6,11H,7,15H2,1-5H3,(H,16,17). The molecule has 0 spiro atoms. The van der Waals surface area contributed by atoms with Crippen molar-refractivity contribution in [1.29, 1.82) is 0 Å². The Hall–Kier alpha value is -1.75. The van der Waals surface area contributed by atoms with Crippen LogP contribution in [0, 0.1) is 13.8 Å². The van der Waals surface area contributed by atoms with E-state index in [1.807, 2.05) is 19.9 Å². The quantitative estimate of drug-likeness (QED) is 0.846. The molecule has 1 aromatic carbocycles. The van der Waals surface area contributed by atoms with Crippen LogP contribution in [0.1, 0.15) is 29.2 Å². The monoisotopic (exact) mass is 266 g/mol. The number of hydrogen-bond acceptors (Lipinski definition) is 4. The minimum atomic E-state index is -0.428. The number of hydrogen-bond donors (Lipinski definition) is 2. The summed E-state index contributed by atoms with van der Waals surface area (Å²) in [6.07, 6.45) is 0.207. The van der Waals surface area contributed by atoms with E-state index in [-0.39, 0.29) is 12.3 Å². The predicted molar refractivity (Wildman–Crippen MR) is 74.6 cm³/mol. The van der Waals surface area contributed by atoms with Crippen molar-refractivity contribution in [3.05, 3.63) is 22.8 Å². The summed E-state index contributed by atoms with van der Waals surface area (Å²) in [7, 11) is 4.81. The molecule has 106 valence electrons. The topological polar surface area (TPSA) is 73.6 Å². The second-order valence-corrected chi connectivity index (χ2v) is 4.44. The summed E-state index contributed by atoms with van der Waals surface area (Å²) >= 11 is 0. The zero-order valence-corrected chi connectivity index (χ0v) is 12.2. The van der Waals surface area contributed by atoms with Gasteiger partial charge in [-0.3, -0.25) is 4.79 Å². The largest absolute Gasteiger partial charge is 0.496 e. The zero-order valence-electron chi connectivity index (χ0n) is 12.2. The summed E-state index contributed by atoms with van der Waals surface area (Å²) in [4.78, 5) is 11.4. The molecule has 0 aromatic heterocycles. The molecule has 0 saturated carbocycles. The molecule has 19 heavy (non-hydrogen) atoms. The molecule has 1 aromatic rings. The number of benzene rings is 1. The van der Waals surface area contributed by atoms with Gasteiger partial charge >= 0.3 is 0 Å². The van der Waals surface area contributed by atoms with E-state index in [1.54, 1.807) is 21.3 Å². The molecule has 0 radical (unpaired) electrons.